The fourth-order valence-electron chi connectivity index (χ4n) is 2.14. The van der Waals surface area contributed by atoms with Crippen LogP contribution in [-0.4, -0.2) is 31.5 Å². The second-order valence-electron chi connectivity index (χ2n) is 4.93. The van der Waals surface area contributed by atoms with Crippen LogP contribution in [0.2, 0.25) is 5.15 Å². The Hall–Kier alpha value is -2.61. The van der Waals surface area contributed by atoms with Crippen molar-refractivity contribution in [2.75, 3.05) is 11.9 Å². The molecular weight excluding hydrogens is 308 g/mol. The van der Waals surface area contributed by atoms with E-state index in [1.165, 1.54) is 12.1 Å². The van der Waals surface area contributed by atoms with Crippen molar-refractivity contribution < 1.29 is 4.92 Å². The van der Waals surface area contributed by atoms with Crippen LogP contribution in [-0.2, 0) is 13.6 Å². The number of aromatic nitrogens is 4. The van der Waals surface area contributed by atoms with E-state index < -0.39 is 4.92 Å². The summed E-state index contributed by atoms with van der Waals surface area (Å²) in [7, 11) is 3.69. The topological polar surface area (TPSA) is 92.9 Å². The first-order chi connectivity index (χ1) is 10.5. The van der Waals surface area contributed by atoms with E-state index >= 15 is 0 Å². The summed E-state index contributed by atoms with van der Waals surface area (Å²) in [6, 6.07) is 4.53. The van der Waals surface area contributed by atoms with E-state index in [2.05, 4.69) is 15.0 Å². The van der Waals surface area contributed by atoms with E-state index in [1.54, 1.807) is 16.8 Å². The maximum atomic E-state index is 10.8. The van der Waals surface area contributed by atoms with Crippen LogP contribution in [0.3, 0.4) is 0 Å². The standard InChI is InChI=1S/C13H13ClN6O2/c1-18(7-12-15-6-11(14)19(12)2)13-16-9-4-3-8(20(21)22)5-10(9)17-13/h3-6H,7H2,1-2H3,(H,16,17). The number of halogens is 1. The first-order valence-electron chi connectivity index (χ1n) is 6.47. The summed E-state index contributed by atoms with van der Waals surface area (Å²) in [5.74, 6) is 1.40. The number of hydrogen-bond donors (Lipinski definition) is 1. The molecule has 0 saturated carbocycles. The first kappa shape index (κ1) is 14.3. The zero-order valence-electron chi connectivity index (χ0n) is 11.9. The van der Waals surface area contributed by atoms with Gasteiger partial charge in [-0.2, -0.15) is 0 Å². The quantitative estimate of drug-likeness (QED) is 0.589. The molecule has 0 aliphatic heterocycles. The van der Waals surface area contributed by atoms with Gasteiger partial charge in [0.1, 0.15) is 11.0 Å². The summed E-state index contributed by atoms with van der Waals surface area (Å²) >= 11 is 5.96. The van der Waals surface area contributed by atoms with Gasteiger partial charge in [0.15, 0.2) is 0 Å². The zero-order chi connectivity index (χ0) is 15.9. The molecule has 3 aromatic rings. The van der Waals surface area contributed by atoms with E-state index in [1.807, 2.05) is 19.0 Å². The molecule has 0 aliphatic rings. The zero-order valence-corrected chi connectivity index (χ0v) is 12.7. The second-order valence-corrected chi connectivity index (χ2v) is 5.32. The third-order valence-electron chi connectivity index (χ3n) is 3.43. The number of nitrogens with zero attached hydrogens (tertiary/aromatic N) is 5. The van der Waals surface area contributed by atoms with E-state index in [0.29, 0.717) is 28.7 Å². The van der Waals surface area contributed by atoms with E-state index in [0.717, 1.165) is 5.82 Å². The van der Waals surface area contributed by atoms with Gasteiger partial charge in [-0.15, -0.1) is 0 Å². The fourth-order valence-corrected chi connectivity index (χ4v) is 2.28. The number of aromatic amines is 1. The van der Waals surface area contributed by atoms with Crippen molar-refractivity contribution in [1.29, 1.82) is 0 Å². The summed E-state index contributed by atoms with van der Waals surface area (Å²) in [5, 5.41) is 11.4. The molecule has 0 amide bonds. The van der Waals surface area contributed by atoms with Crippen LogP contribution in [0.1, 0.15) is 5.82 Å². The molecule has 114 valence electrons. The average Bonchev–Trinajstić information content (AvgIpc) is 3.04. The molecule has 0 spiro atoms. The molecule has 8 nitrogen and oxygen atoms in total. The van der Waals surface area contributed by atoms with Crippen molar-refractivity contribution >= 4 is 34.3 Å². The Morgan fingerprint density at radius 1 is 1.50 bits per heavy atom. The largest absolute Gasteiger partial charge is 0.338 e. The Balaban J connectivity index is 1.89. The Kier molecular flexibility index (Phi) is 3.45. The molecule has 2 aromatic heterocycles. The number of nitrogens with one attached hydrogen (secondary N) is 1. The molecule has 0 bridgehead atoms. The normalized spacial score (nSPS) is 11.0. The number of anilines is 1. The third kappa shape index (κ3) is 2.48. The molecular formula is C13H13ClN6O2. The first-order valence-corrected chi connectivity index (χ1v) is 6.85. The van der Waals surface area contributed by atoms with Crippen molar-refractivity contribution in [2.45, 2.75) is 6.54 Å². The molecule has 2 heterocycles. The van der Waals surface area contributed by atoms with Crippen molar-refractivity contribution in [3.8, 4) is 0 Å². The van der Waals surface area contributed by atoms with Crippen LogP contribution in [0.15, 0.2) is 24.4 Å². The molecule has 0 aliphatic carbocycles. The summed E-state index contributed by atoms with van der Waals surface area (Å²) in [4.78, 5) is 24.0. The van der Waals surface area contributed by atoms with Crippen molar-refractivity contribution in [3.63, 3.8) is 0 Å². The molecule has 1 aromatic carbocycles. The van der Waals surface area contributed by atoms with Gasteiger partial charge in [-0.25, -0.2) is 9.97 Å². The third-order valence-corrected chi connectivity index (χ3v) is 3.78. The Bertz CT molecular complexity index is 855. The molecule has 0 unspecified atom stereocenters. The highest BCUT2D eigenvalue weighted by Crippen LogP contribution is 2.22. The minimum Gasteiger partial charge on any atom is -0.338 e. The Morgan fingerprint density at radius 2 is 2.27 bits per heavy atom. The van der Waals surface area contributed by atoms with Crippen LogP contribution in [0.5, 0.6) is 0 Å². The smallest absolute Gasteiger partial charge is 0.271 e. The number of hydrogen-bond acceptors (Lipinski definition) is 5. The highest BCUT2D eigenvalue weighted by molar-refractivity contribution is 6.29. The summed E-state index contributed by atoms with van der Waals surface area (Å²) < 4.78 is 1.78. The van der Waals surface area contributed by atoms with Gasteiger partial charge in [-0.05, 0) is 6.07 Å². The Labute approximate surface area is 130 Å². The fraction of sp³-hybridized carbons (Fsp3) is 0.231. The second kappa shape index (κ2) is 5.30. The molecule has 0 saturated heterocycles. The van der Waals surface area contributed by atoms with Crippen molar-refractivity contribution in [2.24, 2.45) is 7.05 Å². The summed E-state index contributed by atoms with van der Waals surface area (Å²) in [6.07, 6.45) is 1.59. The summed E-state index contributed by atoms with van der Waals surface area (Å²) in [6.45, 7) is 0.505. The monoisotopic (exact) mass is 320 g/mol. The van der Waals surface area contributed by atoms with Crippen LogP contribution >= 0.6 is 11.6 Å². The molecule has 0 fully saturated rings. The van der Waals surface area contributed by atoms with Crippen LogP contribution in [0.25, 0.3) is 11.0 Å². The number of nitro groups is 1. The lowest BCUT2D eigenvalue weighted by atomic mass is 10.3. The number of rotatable bonds is 4. The van der Waals surface area contributed by atoms with Crippen molar-refractivity contribution in [1.82, 2.24) is 19.5 Å². The number of imidazole rings is 2. The van der Waals surface area contributed by atoms with E-state index in [9.17, 15) is 10.1 Å². The van der Waals surface area contributed by atoms with Gasteiger partial charge in [0.25, 0.3) is 5.69 Å². The summed E-state index contributed by atoms with van der Waals surface area (Å²) in [5.41, 5.74) is 1.32. The van der Waals surface area contributed by atoms with Crippen molar-refractivity contribution in [3.05, 3.63) is 45.5 Å². The van der Waals surface area contributed by atoms with Crippen LogP contribution < -0.4 is 4.90 Å². The van der Waals surface area contributed by atoms with Gasteiger partial charge >= 0.3 is 0 Å². The lowest BCUT2D eigenvalue weighted by Crippen LogP contribution is -2.20. The average molecular weight is 321 g/mol. The Morgan fingerprint density at radius 3 is 2.91 bits per heavy atom. The number of benzene rings is 1. The van der Waals surface area contributed by atoms with Gasteiger partial charge in [0.2, 0.25) is 5.95 Å². The van der Waals surface area contributed by atoms with Crippen LogP contribution in [0, 0.1) is 10.1 Å². The number of fused-ring (bicyclic) bond motifs is 1. The lowest BCUT2D eigenvalue weighted by Gasteiger charge is -2.15. The predicted octanol–water partition coefficient (Wildman–Crippen LogP) is 2.49. The molecule has 9 heteroatoms. The lowest BCUT2D eigenvalue weighted by molar-refractivity contribution is -0.384. The van der Waals surface area contributed by atoms with Gasteiger partial charge in [0, 0.05) is 26.2 Å². The van der Waals surface area contributed by atoms with Gasteiger partial charge in [-0.3, -0.25) is 10.1 Å². The molecule has 3 rings (SSSR count). The predicted molar refractivity (Wildman–Crippen MR) is 83.1 cm³/mol. The number of non-ortho nitro benzene ring substituents is 1. The molecule has 0 radical (unpaired) electrons. The molecule has 1 N–H and O–H groups in total. The van der Waals surface area contributed by atoms with Gasteiger partial charge < -0.3 is 14.5 Å². The number of nitro benzene ring substituents is 1. The van der Waals surface area contributed by atoms with Crippen LogP contribution in [0.4, 0.5) is 11.6 Å². The minimum atomic E-state index is -0.431. The maximum absolute atomic E-state index is 10.8. The minimum absolute atomic E-state index is 0.0289. The molecule has 22 heavy (non-hydrogen) atoms. The molecule has 0 atom stereocenters. The van der Waals surface area contributed by atoms with Gasteiger partial charge in [0.05, 0.1) is 28.7 Å². The maximum Gasteiger partial charge on any atom is 0.271 e. The SMILES string of the molecule is CN(Cc1ncc(Cl)n1C)c1nc2ccc([N+](=O)[O-])cc2[nH]1. The van der Waals surface area contributed by atoms with E-state index in [-0.39, 0.29) is 5.69 Å². The van der Waals surface area contributed by atoms with E-state index in [4.69, 9.17) is 11.6 Å². The highest BCUT2D eigenvalue weighted by atomic mass is 35.5. The number of H-pyrrole nitrogens is 1. The van der Waals surface area contributed by atoms with Gasteiger partial charge in [-0.1, -0.05) is 11.6 Å². The highest BCUT2D eigenvalue weighted by Gasteiger charge is 2.14.